The number of benzene rings is 2. The third kappa shape index (κ3) is 2.28. The van der Waals surface area contributed by atoms with E-state index in [4.69, 9.17) is 4.74 Å². The van der Waals surface area contributed by atoms with Crippen molar-refractivity contribution in [2.24, 2.45) is 0 Å². The lowest BCUT2D eigenvalue weighted by molar-refractivity contribution is -0.132. The van der Waals surface area contributed by atoms with Crippen molar-refractivity contribution in [1.82, 2.24) is 10.2 Å². The molecule has 1 aliphatic heterocycles. The van der Waals surface area contributed by atoms with Gasteiger partial charge >= 0.3 is 6.03 Å². The summed E-state index contributed by atoms with van der Waals surface area (Å²) < 4.78 is 18.8. The van der Waals surface area contributed by atoms with Crippen molar-refractivity contribution in [3.63, 3.8) is 0 Å². The van der Waals surface area contributed by atoms with E-state index in [-0.39, 0.29) is 18.2 Å². The Labute approximate surface area is 144 Å². The van der Waals surface area contributed by atoms with E-state index < -0.39 is 17.4 Å². The Balaban J connectivity index is 1.64. The summed E-state index contributed by atoms with van der Waals surface area (Å²) in [6.07, 6.45) is 1.29. The van der Waals surface area contributed by atoms with Crippen LogP contribution in [0.25, 0.3) is 0 Å². The highest BCUT2D eigenvalue weighted by atomic mass is 19.1. The molecule has 128 valence electrons. The third-order valence-electron chi connectivity index (χ3n) is 4.98. The molecule has 1 heterocycles. The molecule has 1 spiro atoms. The Kier molecular flexibility index (Phi) is 3.49. The van der Waals surface area contributed by atoms with Crippen LogP contribution in [0.4, 0.5) is 9.18 Å². The zero-order chi connectivity index (χ0) is 17.6. The van der Waals surface area contributed by atoms with Gasteiger partial charge in [0.15, 0.2) is 11.6 Å². The lowest BCUT2D eigenvalue weighted by Crippen LogP contribution is -2.41. The first-order valence-corrected chi connectivity index (χ1v) is 8.10. The standard InChI is InChI=1S/C19H17FN2O3/c1-25-16-7-6-12(10-15(16)20)11-22-17(23)19(21-18(22)24)9-8-13-4-2-3-5-14(13)19/h2-7,10H,8-9,11H2,1H3,(H,21,24). The van der Waals surface area contributed by atoms with Gasteiger partial charge in [-0.2, -0.15) is 0 Å². The summed E-state index contributed by atoms with van der Waals surface area (Å²) in [5, 5.41) is 2.86. The normalized spacial score (nSPS) is 21.6. The highest BCUT2D eigenvalue weighted by Gasteiger charge is 2.55. The average molecular weight is 340 g/mol. The summed E-state index contributed by atoms with van der Waals surface area (Å²) in [5.41, 5.74) is 1.48. The number of imide groups is 1. The zero-order valence-electron chi connectivity index (χ0n) is 13.7. The number of nitrogens with one attached hydrogen (secondary N) is 1. The zero-order valence-corrected chi connectivity index (χ0v) is 13.7. The second-order valence-corrected chi connectivity index (χ2v) is 6.35. The van der Waals surface area contributed by atoms with Crippen LogP contribution in [-0.4, -0.2) is 23.9 Å². The molecule has 2 aromatic carbocycles. The maximum absolute atomic E-state index is 13.9. The van der Waals surface area contributed by atoms with Crippen molar-refractivity contribution in [3.8, 4) is 5.75 Å². The Morgan fingerprint density at radius 3 is 2.80 bits per heavy atom. The number of rotatable bonds is 3. The van der Waals surface area contributed by atoms with E-state index in [1.54, 1.807) is 6.07 Å². The molecule has 2 aromatic rings. The van der Waals surface area contributed by atoms with Gasteiger partial charge in [0.05, 0.1) is 13.7 Å². The number of hydrogen-bond donors (Lipinski definition) is 1. The molecule has 0 saturated carbocycles. The van der Waals surface area contributed by atoms with E-state index in [1.165, 1.54) is 19.2 Å². The summed E-state index contributed by atoms with van der Waals surface area (Å²) in [6.45, 7) is 0.0233. The number of carbonyl (C=O) groups excluding carboxylic acids is 2. The predicted octanol–water partition coefficient (Wildman–Crippen LogP) is 2.73. The van der Waals surface area contributed by atoms with Crippen molar-refractivity contribution in [2.75, 3.05) is 7.11 Å². The molecule has 1 aliphatic carbocycles. The van der Waals surface area contributed by atoms with Crippen molar-refractivity contribution >= 4 is 11.9 Å². The van der Waals surface area contributed by atoms with Crippen molar-refractivity contribution in [3.05, 3.63) is 65.0 Å². The smallest absolute Gasteiger partial charge is 0.325 e. The lowest BCUT2D eigenvalue weighted by Gasteiger charge is -2.22. The number of amides is 3. The molecule has 1 fully saturated rings. The van der Waals surface area contributed by atoms with E-state index in [1.807, 2.05) is 24.3 Å². The highest BCUT2D eigenvalue weighted by molar-refractivity contribution is 6.08. The van der Waals surface area contributed by atoms with Gasteiger partial charge in [-0.3, -0.25) is 9.69 Å². The maximum atomic E-state index is 13.9. The third-order valence-corrected chi connectivity index (χ3v) is 4.98. The first-order chi connectivity index (χ1) is 12.0. The number of halogens is 1. The van der Waals surface area contributed by atoms with Crippen LogP contribution >= 0.6 is 0 Å². The molecule has 0 radical (unpaired) electrons. The minimum absolute atomic E-state index is 0.0233. The molecule has 5 nitrogen and oxygen atoms in total. The SMILES string of the molecule is COc1ccc(CN2C(=O)NC3(CCc4ccccc43)C2=O)cc1F. The van der Waals surface area contributed by atoms with Crippen molar-refractivity contribution < 1.29 is 18.7 Å². The first-order valence-electron chi connectivity index (χ1n) is 8.10. The van der Waals surface area contributed by atoms with Crippen LogP contribution < -0.4 is 10.1 Å². The summed E-state index contributed by atoms with van der Waals surface area (Å²) in [4.78, 5) is 26.6. The van der Waals surface area contributed by atoms with Gasteiger partial charge in [-0.1, -0.05) is 30.3 Å². The Bertz CT molecular complexity index is 883. The molecule has 25 heavy (non-hydrogen) atoms. The van der Waals surface area contributed by atoms with E-state index in [0.717, 1.165) is 22.4 Å². The molecule has 0 aromatic heterocycles. The lowest BCUT2D eigenvalue weighted by atomic mass is 9.92. The minimum atomic E-state index is -0.987. The molecule has 1 saturated heterocycles. The molecule has 0 bridgehead atoms. The van der Waals surface area contributed by atoms with Crippen LogP contribution in [0.15, 0.2) is 42.5 Å². The van der Waals surface area contributed by atoms with Crippen molar-refractivity contribution in [2.45, 2.75) is 24.9 Å². The average Bonchev–Trinajstić information content (AvgIpc) is 3.09. The number of urea groups is 1. The summed E-state index contributed by atoms with van der Waals surface area (Å²) in [7, 11) is 1.39. The monoisotopic (exact) mass is 340 g/mol. The topological polar surface area (TPSA) is 58.6 Å². The van der Waals surface area contributed by atoms with E-state index >= 15 is 0 Å². The fourth-order valence-corrected chi connectivity index (χ4v) is 3.72. The van der Waals surface area contributed by atoms with Gasteiger partial charge in [-0.15, -0.1) is 0 Å². The summed E-state index contributed by atoms with van der Waals surface area (Å²) in [5.74, 6) is -0.672. The Morgan fingerprint density at radius 2 is 2.04 bits per heavy atom. The van der Waals surface area contributed by atoms with E-state index in [2.05, 4.69) is 5.32 Å². The van der Waals surface area contributed by atoms with Crippen LogP contribution in [0.1, 0.15) is 23.1 Å². The molecule has 6 heteroatoms. The Hall–Kier alpha value is -2.89. The second kappa shape index (κ2) is 5.58. The van der Waals surface area contributed by atoms with Gasteiger partial charge in [0.2, 0.25) is 0 Å². The molecular weight excluding hydrogens is 323 g/mol. The molecule has 1 unspecified atom stereocenters. The molecule has 1 N–H and O–H groups in total. The Morgan fingerprint density at radius 1 is 1.24 bits per heavy atom. The molecule has 1 atom stereocenters. The molecule has 3 amide bonds. The fourth-order valence-electron chi connectivity index (χ4n) is 3.72. The number of hydrogen-bond acceptors (Lipinski definition) is 3. The second-order valence-electron chi connectivity index (χ2n) is 6.35. The fraction of sp³-hybridized carbons (Fsp3) is 0.263. The van der Waals surface area contributed by atoms with Crippen molar-refractivity contribution in [1.29, 1.82) is 0 Å². The summed E-state index contributed by atoms with van der Waals surface area (Å²) in [6, 6.07) is 11.6. The largest absolute Gasteiger partial charge is 0.494 e. The summed E-state index contributed by atoms with van der Waals surface area (Å²) >= 11 is 0. The highest BCUT2D eigenvalue weighted by Crippen LogP contribution is 2.41. The van der Waals surface area contributed by atoms with Crippen LogP contribution in [0.2, 0.25) is 0 Å². The maximum Gasteiger partial charge on any atom is 0.325 e. The molecule has 4 rings (SSSR count). The van der Waals surface area contributed by atoms with Crippen LogP contribution in [0.5, 0.6) is 5.75 Å². The molecule has 2 aliphatic rings. The van der Waals surface area contributed by atoms with E-state index in [0.29, 0.717) is 12.0 Å². The van der Waals surface area contributed by atoms with Gasteiger partial charge in [-0.25, -0.2) is 9.18 Å². The van der Waals surface area contributed by atoms with Gasteiger partial charge in [0.1, 0.15) is 5.54 Å². The van der Waals surface area contributed by atoms with Gasteiger partial charge in [0.25, 0.3) is 5.91 Å². The number of aryl methyl sites for hydroxylation is 1. The van der Waals surface area contributed by atoms with Gasteiger partial charge < -0.3 is 10.1 Å². The number of ether oxygens (including phenoxy) is 1. The number of methoxy groups -OCH3 is 1. The van der Waals surface area contributed by atoms with Gasteiger partial charge in [-0.05, 0) is 41.7 Å². The van der Waals surface area contributed by atoms with Crippen LogP contribution in [0.3, 0.4) is 0 Å². The number of fused-ring (bicyclic) bond motifs is 2. The van der Waals surface area contributed by atoms with E-state index in [9.17, 15) is 14.0 Å². The quantitative estimate of drug-likeness (QED) is 0.874. The van der Waals surface area contributed by atoms with Crippen LogP contribution in [0, 0.1) is 5.82 Å². The predicted molar refractivity (Wildman–Crippen MR) is 88.5 cm³/mol. The number of carbonyl (C=O) groups is 2. The minimum Gasteiger partial charge on any atom is -0.494 e. The first kappa shape index (κ1) is 15.6. The van der Waals surface area contributed by atoms with Crippen LogP contribution in [-0.2, 0) is 23.3 Å². The van der Waals surface area contributed by atoms with Gasteiger partial charge in [0, 0.05) is 0 Å². The molecular formula is C19H17FN2O3. The number of nitrogens with zero attached hydrogens (tertiary/aromatic N) is 1.